The fourth-order valence-electron chi connectivity index (χ4n) is 2.11. The lowest BCUT2D eigenvalue weighted by atomic mass is 10.1. The Balaban J connectivity index is 1.78. The predicted octanol–water partition coefficient (Wildman–Crippen LogP) is 3.95. The van der Waals surface area contributed by atoms with Gasteiger partial charge in [-0.2, -0.15) is 0 Å². The Labute approximate surface area is 121 Å². The summed E-state index contributed by atoms with van der Waals surface area (Å²) in [4.78, 5) is 0. The second-order valence-corrected chi connectivity index (χ2v) is 5.05. The summed E-state index contributed by atoms with van der Waals surface area (Å²) in [7, 11) is 0. The number of halogens is 1. The van der Waals surface area contributed by atoms with Crippen LogP contribution in [0.4, 0.5) is 5.69 Å². The van der Waals surface area contributed by atoms with Gasteiger partial charge in [-0.1, -0.05) is 17.7 Å². The molecule has 2 N–H and O–H groups in total. The van der Waals surface area contributed by atoms with E-state index in [0.29, 0.717) is 5.02 Å². The lowest BCUT2D eigenvalue weighted by Crippen LogP contribution is -2.06. The van der Waals surface area contributed by atoms with Crippen LogP contribution < -0.4 is 14.8 Å². The maximum Gasteiger partial charge on any atom is 0.231 e. The van der Waals surface area contributed by atoms with Crippen LogP contribution in [0.3, 0.4) is 0 Å². The molecule has 0 saturated carbocycles. The summed E-state index contributed by atoms with van der Waals surface area (Å²) in [5, 5.41) is 13.1. The van der Waals surface area contributed by atoms with E-state index in [4.69, 9.17) is 21.1 Å². The molecule has 0 bridgehead atoms. The van der Waals surface area contributed by atoms with Crippen LogP contribution in [-0.2, 0) is 0 Å². The summed E-state index contributed by atoms with van der Waals surface area (Å²) < 4.78 is 10.7. The van der Waals surface area contributed by atoms with Gasteiger partial charge in [0.15, 0.2) is 11.5 Å². The van der Waals surface area contributed by atoms with Crippen LogP contribution >= 0.6 is 11.6 Å². The third kappa shape index (κ3) is 2.47. The zero-order chi connectivity index (χ0) is 14.1. The lowest BCUT2D eigenvalue weighted by Gasteiger charge is -2.16. The summed E-state index contributed by atoms with van der Waals surface area (Å²) in [6.07, 6.45) is 0. The summed E-state index contributed by atoms with van der Waals surface area (Å²) in [5.74, 6) is 1.61. The molecule has 0 radical (unpaired) electrons. The third-order valence-electron chi connectivity index (χ3n) is 3.23. The predicted molar refractivity (Wildman–Crippen MR) is 77.7 cm³/mol. The number of hydrogen-bond acceptors (Lipinski definition) is 4. The molecule has 0 spiro atoms. The van der Waals surface area contributed by atoms with Crippen molar-refractivity contribution in [3.8, 4) is 17.2 Å². The lowest BCUT2D eigenvalue weighted by molar-refractivity contribution is 0.174. The molecule has 2 aromatic carbocycles. The number of anilines is 1. The Bertz CT molecular complexity index is 645. The Kier molecular flexibility index (Phi) is 3.32. The highest BCUT2D eigenvalue weighted by Gasteiger charge is 2.15. The number of fused-ring (bicyclic) bond motifs is 1. The average molecular weight is 292 g/mol. The first-order chi connectivity index (χ1) is 9.63. The van der Waals surface area contributed by atoms with E-state index in [1.54, 1.807) is 18.2 Å². The summed E-state index contributed by atoms with van der Waals surface area (Å²) in [6.45, 7) is 2.31. The topological polar surface area (TPSA) is 50.7 Å². The fraction of sp³-hybridized carbons (Fsp3) is 0.200. The molecule has 104 valence electrons. The van der Waals surface area contributed by atoms with Crippen molar-refractivity contribution in [3.05, 3.63) is 47.0 Å². The van der Waals surface area contributed by atoms with E-state index in [-0.39, 0.29) is 18.6 Å². The van der Waals surface area contributed by atoms with Gasteiger partial charge < -0.3 is 19.9 Å². The Morgan fingerprint density at radius 3 is 2.75 bits per heavy atom. The minimum Gasteiger partial charge on any atom is -0.506 e. The van der Waals surface area contributed by atoms with Gasteiger partial charge in [0.2, 0.25) is 6.79 Å². The highest BCUT2D eigenvalue weighted by molar-refractivity contribution is 6.32. The SMILES string of the molecule is CC(Nc1ccc(O)c(Cl)c1)c1ccc2c(c1)OCO2. The number of benzene rings is 2. The molecule has 1 aliphatic heterocycles. The molecule has 20 heavy (non-hydrogen) atoms. The minimum absolute atomic E-state index is 0.0742. The number of phenols is 1. The first kappa shape index (κ1) is 12.9. The van der Waals surface area contributed by atoms with Crippen molar-refractivity contribution in [2.24, 2.45) is 0 Å². The normalized spacial score (nSPS) is 14.1. The zero-order valence-corrected chi connectivity index (χ0v) is 11.6. The molecule has 0 saturated heterocycles. The molecule has 1 atom stereocenters. The van der Waals surface area contributed by atoms with Gasteiger partial charge in [-0.3, -0.25) is 0 Å². The van der Waals surface area contributed by atoms with E-state index in [1.807, 2.05) is 25.1 Å². The van der Waals surface area contributed by atoms with Crippen LogP contribution in [0, 0.1) is 0 Å². The largest absolute Gasteiger partial charge is 0.506 e. The van der Waals surface area contributed by atoms with Crippen LogP contribution in [0.1, 0.15) is 18.5 Å². The van der Waals surface area contributed by atoms with E-state index in [9.17, 15) is 5.11 Å². The monoisotopic (exact) mass is 291 g/mol. The van der Waals surface area contributed by atoms with Crippen molar-refractivity contribution in [3.63, 3.8) is 0 Å². The zero-order valence-electron chi connectivity index (χ0n) is 10.9. The van der Waals surface area contributed by atoms with Gasteiger partial charge in [0.1, 0.15) is 5.75 Å². The molecule has 0 fully saturated rings. The number of hydrogen-bond donors (Lipinski definition) is 2. The maximum atomic E-state index is 9.41. The highest BCUT2D eigenvalue weighted by atomic mass is 35.5. The van der Waals surface area contributed by atoms with Gasteiger partial charge in [-0.25, -0.2) is 0 Å². The second kappa shape index (κ2) is 5.13. The van der Waals surface area contributed by atoms with Crippen molar-refractivity contribution < 1.29 is 14.6 Å². The summed E-state index contributed by atoms with van der Waals surface area (Å²) >= 11 is 5.89. The van der Waals surface area contributed by atoms with Crippen molar-refractivity contribution in [1.82, 2.24) is 0 Å². The molecule has 0 aliphatic carbocycles. The standard InChI is InChI=1S/C15H14ClNO3/c1-9(17-11-3-4-13(18)12(16)7-11)10-2-5-14-15(6-10)20-8-19-14/h2-7,9,17-18H,8H2,1H3. The van der Waals surface area contributed by atoms with Crippen molar-refractivity contribution in [2.75, 3.05) is 12.1 Å². The van der Waals surface area contributed by atoms with E-state index < -0.39 is 0 Å². The van der Waals surface area contributed by atoms with Gasteiger partial charge in [0.05, 0.1) is 5.02 Å². The van der Waals surface area contributed by atoms with Gasteiger partial charge in [-0.15, -0.1) is 0 Å². The Morgan fingerprint density at radius 1 is 1.15 bits per heavy atom. The van der Waals surface area contributed by atoms with Crippen LogP contribution in [0.2, 0.25) is 5.02 Å². The average Bonchev–Trinajstić information content (AvgIpc) is 2.90. The van der Waals surface area contributed by atoms with E-state index >= 15 is 0 Å². The molecule has 5 heteroatoms. The molecule has 0 amide bonds. The van der Waals surface area contributed by atoms with E-state index in [0.717, 1.165) is 22.7 Å². The second-order valence-electron chi connectivity index (χ2n) is 4.64. The molecule has 4 nitrogen and oxygen atoms in total. The van der Waals surface area contributed by atoms with Gasteiger partial charge in [0.25, 0.3) is 0 Å². The first-order valence-electron chi connectivity index (χ1n) is 6.28. The van der Waals surface area contributed by atoms with Crippen molar-refractivity contribution in [1.29, 1.82) is 0 Å². The molecule has 1 aliphatic rings. The molecule has 2 aromatic rings. The fourth-order valence-corrected chi connectivity index (χ4v) is 2.29. The Morgan fingerprint density at radius 2 is 1.95 bits per heavy atom. The number of rotatable bonds is 3. The van der Waals surface area contributed by atoms with E-state index in [1.165, 1.54) is 0 Å². The number of nitrogens with one attached hydrogen (secondary N) is 1. The molecular formula is C15H14ClNO3. The molecule has 3 rings (SSSR count). The molecule has 1 heterocycles. The number of phenolic OH excluding ortho intramolecular Hbond substituents is 1. The van der Waals surface area contributed by atoms with Crippen LogP contribution in [0.25, 0.3) is 0 Å². The summed E-state index contributed by atoms with van der Waals surface area (Å²) in [5.41, 5.74) is 1.93. The highest BCUT2D eigenvalue weighted by Crippen LogP contribution is 2.35. The Hall–Kier alpha value is -2.07. The number of ether oxygens (including phenoxy) is 2. The van der Waals surface area contributed by atoms with Crippen LogP contribution in [0.5, 0.6) is 17.2 Å². The first-order valence-corrected chi connectivity index (χ1v) is 6.66. The van der Waals surface area contributed by atoms with Gasteiger partial charge in [-0.05, 0) is 42.8 Å². The smallest absolute Gasteiger partial charge is 0.231 e. The minimum atomic E-state index is 0.0742. The molecule has 1 unspecified atom stereocenters. The molecular weight excluding hydrogens is 278 g/mol. The molecule has 0 aromatic heterocycles. The maximum absolute atomic E-state index is 9.41. The van der Waals surface area contributed by atoms with Gasteiger partial charge >= 0.3 is 0 Å². The van der Waals surface area contributed by atoms with Crippen LogP contribution in [0.15, 0.2) is 36.4 Å². The van der Waals surface area contributed by atoms with Crippen LogP contribution in [-0.4, -0.2) is 11.9 Å². The third-order valence-corrected chi connectivity index (χ3v) is 3.53. The van der Waals surface area contributed by atoms with E-state index in [2.05, 4.69) is 5.32 Å². The number of aromatic hydroxyl groups is 1. The summed E-state index contributed by atoms with van der Waals surface area (Å²) in [6, 6.07) is 11.0. The van der Waals surface area contributed by atoms with Crippen molar-refractivity contribution in [2.45, 2.75) is 13.0 Å². The van der Waals surface area contributed by atoms with Gasteiger partial charge in [0, 0.05) is 11.7 Å². The van der Waals surface area contributed by atoms with Crippen molar-refractivity contribution >= 4 is 17.3 Å². The quantitative estimate of drug-likeness (QED) is 0.841.